The predicted octanol–water partition coefficient (Wildman–Crippen LogP) is 4.34. The quantitative estimate of drug-likeness (QED) is 0.715. The molecule has 0 saturated carbocycles. The van der Waals surface area contributed by atoms with Gasteiger partial charge in [-0.05, 0) is 41.3 Å². The first kappa shape index (κ1) is 19.1. The molecule has 6 nitrogen and oxygen atoms in total. The highest BCUT2D eigenvalue weighted by molar-refractivity contribution is 5.94. The molecule has 4 rings (SSSR count). The number of benzene rings is 2. The standard InChI is InChI=1S/C23H24N2O4/c1-23(2,3)17-7-4-15(5-8-17)22(26)24-14-18-13-20(29-25-18)16-6-9-19-21(12-16)28-11-10-27-19/h4-9,12-13H,10-11,14H2,1-3H3,(H,24,26). The van der Waals surface area contributed by atoms with E-state index in [1.54, 1.807) is 0 Å². The van der Waals surface area contributed by atoms with Gasteiger partial charge < -0.3 is 19.3 Å². The lowest BCUT2D eigenvalue weighted by Gasteiger charge is -2.19. The van der Waals surface area contributed by atoms with Crippen LogP contribution in [-0.4, -0.2) is 24.3 Å². The second-order valence-corrected chi connectivity index (χ2v) is 8.05. The summed E-state index contributed by atoms with van der Waals surface area (Å²) < 4.78 is 16.6. The molecule has 0 unspecified atom stereocenters. The minimum Gasteiger partial charge on any atom is -0.486 e. The van der Waals surface area contributed by atoms with Crippen molar-refractivity contribution in [3.8, 4) is 22.8 Å². The average Bonchev–Trinajstić information content (AvgIpc) is 3.20. The Kier molecular flexibility index (Phi) is 5.01. The van der Waals surface area contributed by atoms with E-state index in [1.807, 2.05) is 48.5 Å². The number of carbonyl (C=O) groups is 1. The number of nitrogens with one attached hydrogen (secondary N) is 1. The number of rotatable bonds is 4. The van der Waals surface area contributed by atoms with E-state index in [0.29, 0.717) is 36.0 Å². The molecule has 0 aliphatic carbocycles. The van der Waals surface area contributed by atoms with Crippen LogP contribution in [0.1, 0.15) is 42.4 Å². The summed E-state index contributed by atoms with van der Waals surface area (Å²) in [6.07, 6.45) is 0. The third-order valence-corrected chi connectivity index (χ3v) is 4.83. The lowest BCUT2D eigenvalue weighted by Crippen LogP contribution is -2.23. The molecule has 1 N–H and O–H groups in total. The smallest absolute Gasteiger partial charge is 0.251 e. The summed E-state index contributed by atoms with van der Waals surface area (Å²) >= 11 is 0. The SMILES string of the molecule is CC(C)(C)c1ccc(C(=O)NCc2cc(-c3ccc4c(c3)OCCO4)on2)cc1. The van der Waals surface area contributed by atoms with Gasteiger partial charge in [-0.3, -0.25) is 4.79 Å². The number of fused-ring (bicyclic) bond motifs is 1. The maximum Gasteiger partial charge on any atom is 0.251 e. The van der Waals surface area contributed by atoms with E-state index in [1.165, 1.54) is 5.56 Å². The Labute approximate surface area is 169 Å². The first-order valence-corrected chi connectivity index (χ1v) is 9.64. The van der Waals surface area contributed by atoms with Gasteiger partial charge in [0.05, 0.1) is 6.54 Å². The predicted molar refractivity (Wildman–Crippen MR) is 109 cm³/mol. The highest BCUT2D eigenvalue weighted by Gasteiger charge is 2.16. The van der Waals surface area contributed by atoms with Crippen LogP contribution in [0.4, 0.5) is 0 Å². The summed E-state index contributed by atoms with van der Waals surface area (Å²) in [4.78, 5) is 12.4. The van der Waals surface area contributed by atoms with Crippen molar-refractivity contribution in [1.82, 2.24) is 10.5 Å². The Balaban J connectivity index is 1.40. The highest BCUT2D eigenvalue weighted by atomic mass is 16.6. The lowest BCUT2D eigenvalue weighted by atomic mass is 9.87. The summed E-state index contributed by atoms with van der Waals surface area (Å²) in [6.45, 7) is 7.80. The van der Waals surface area contributed by atoms with Crippen LogP contribution in [0, 0.1) is 0 Å². The van der Waals surface area contributed by atoms with Crippen molar-refractivity contribution in [2.75, 3.05) is 13.2 Å². The van der Waals surface area contributed by atoms with E-state index in [4.69, 9.17) is 14.0 Å². The Bertz CT molecular complexity index is 1020. The van der Waals surface area contributed by atoms with Gasteiger partial charge in [0.25, 0.3) is 5.91 Å². The fourth-order valence-corrected chi connectivity index (χ4v) is 3.12. The molecule has 1 amide bonds. The minimum atomic E-state index is -0.144. The number of hydrogen-bond donors (Lipinski definition) is 1. The maximum atomic E-state index is 12.4. The molecule has 0 spiro atoms. The molecule has 1 aliphatic rings. The topological polar surface area (TPSA) is 73.6 Å². The summed E-state index contributed by atoms with van der Waals surface area (Å²) in [5.74, 6) is 1.89. The summed E-state index contributed by atoms with van der Waals surface area (Å²) in [7, 11) is 0. The zero-order valence-corrected chi connectivity index (χ0v) is 16.8. The molecule has 2 heterocycles. The average molecular weight is 392 g/mol. The second kappa shape index (κ2) is 7.62. The Morgan fingerprint density at radius 1 is 1.00 bits per heavy atom. The fourth-order valence-electron chi connectivity index (χ4n) is 3.12. The molecule has 150 valence electrons. The van der Waals surface area contributed by atoms with E-state index >= 15 is 0 Å². The second-order valence-electron chi connectivity index (χ2n) is 8.05. The zero-order chi connectivity index (χ0) is 20.4. The summed E-state index contributed by atoms with van der Waals surface area (Å²) in [5, 5.41) is 6.94. The van der Waals surface area contributed by atoms with Gasteiger partial charge in [0, 0.05) is 17.2 Å². The maximum absolute atomic E-state index is 12.4. The van der Waals surface area contributed by atoms with E-state index in [-0.39, 0.29) is 17.9 Å². The Morgan fingerprint density at radius 2 is 1.72 bits per heavy atom. The third kappa shape index (κ3) is 4.26. The molecule has 1 aliphatic heterocycles. The largest absolute Gasteiger partial charge is 0.486 e. The van der Waals surface area contributed by atoms with Crippen LogP contribution in [0.5, 0.6) is 11.5 Å². The van der Waals surface area contributed by atoms with Gasteiger partial charge in [0.2, 0.25) is 0 Å². The molecule has 0 saturated heterocycles. The number of carbonyl (C=O) groups excluding carboxylic acids is 1. The van der Waals surface area contributed by atoms with Crippen molar-refractivity contribution in [2.45, 2.75) is 32.7 Å². The molecule has 0 fully saturated rings. The van der Waals surface area contributed by atoms with Gasteiger partial charge in [0.1, 0.15) is 18.9 Å². The number of ether oxygens (including phenoxy) is 2. The van der Waals surface area contributed by atoms with Crippen molar-refractivity contribution in [3.05, 3.63) is 65.4 Å². The number of hydrogen-bond acceptors (Lipinski definition) is 5. The van der Waals surface area contributed by atoms with Crippen LogP contribution in [0.2, 0.25) is 0 Å². The van der Waals surface area contributed by atoms with Crippen LogP contribution in [-0.2, 0) is 12.0 Å². The monoisotopic (exact) mass is 392 g/mol. The summed E-state index contributed by atoms with van der Waals surface area (Å²) in [6, 6.07) is 15.1. The molecular weight excluding hydrogens is 368 g/mol. The third-order valence-electron chi connectivity index (χ3n) is 4.83. The molecule has 0 radical (unpaired) electrons. The van der Waals surface area contributed by atoms with Gasteiger partial charge in [-0.2, -0.15) is 0 Å². The molecule has 0 atom stereocenters. The Hall–Kier alpha value is -3.28. The van der Waals surface area contributed by atoms with Gasteiger partial charge in [-0.1, -0.05) is 38.1 Å². The van der Waals surface area contributed by atoms with E-state index in [0.717, 1.165) is 11.3 Å². The van der Waals surface area contributed by atoms with E-state index in [2.05, 4.69) is 31.2 Å². The van der Waals surface area contributed by atoms with Crippen molar-refractivity contribution in [2.24, 2.45) is 0 Å². The molecular formula is C23H24N2O4. The number of aromatic nitrogens is 1. The van der Waals surface area contributed by atoms with E-state index < -0.39 is 0 Å². The summed E-state index contributed by atoms with van der Waals surface area (Å²) in [5.41, 5.74) is 3.36. The number of nitrogens with zero attached hydrogens (tertiary/aromatic N) is 1. The van der Waals surface area contributed by atoms with Crippen LogP contribution in [0.3, 0.4) is 0 Å². The Morgan fingerprint density at radius 3 is 2.45 bits per heavy atom. The first-order chi connectivity index (χ1) is 13.9. The normalized spacial score (nSPS) is 13.2. The van der Waals surface area contributed by atoms with Crippen LogP contribution >= 0.6 is 0 Å². The highest BCUT2D eigenvalue weighted by Crippen LogP contribution is 2.34. The van der Waals surface area contributed by atoms with Crippen molar-refractivity contribution in [1.29, 1.82) is 0 Å². The molecule has 6 heteroatoms. The molecule has 1 aromatic heterocycles. The van der Waals surface area contributed by atoms with Gasteiger partial charge >= 0.3 is 0 Å². The minimum absolute atomic E-state index is 0.0555. The van der Waals surface area contributed by atoms with Crippen LogP contribution < -0.4 is 14.8 Å². The first-order valence-electron chi connectivity index (χ1n) is 9.64. The molecule has 0 bridgehead atoms. The molecule has 3 aromatic rings. The molecule has 29 heavy (non-hydrogen) atoms. The lowest BCUT2D eigenvalue weighted by molar-refractivity contribution is 0.0950. The van der Waals surface area contributed by atoms with Crippen molar-refractivity contribution >= 4 is 5.91 Å². The van der Waals surface area contributed by atoms with Crippen molar-refractivity contribution < 1.29 is 18.8 Å². The van der Waals surface area contributed by atoms with Crippen LogP contribution in [0.25, 0.3) is 11.3 Å². The number of amides is 1. The van der Waals surface area contributed by atoms with Crippen molar-refractivity contribution in [3.63, 3.8) is 0 Å². The van der Waals surface area contributed by atoms with Crippen LogP contribution in [0.15, 0.2) is 53.1 Å². The molecule has 2 aromatic carbocycles. The fraction of sp³-hybridized carbons (Fsp3) is 0.304. The van der Waals surface area contributed by atoms with E-state index in [9.17, 15) is 4.79 Å². The zero-order valence-electron chi connectivity index (χ0n) is 16.8. The van der Waals surface area contributed by atoms with Gasteiger partial charge in [-0.15, -0.1) is 0 Å². The van der Waals surface area contributed by atoms with Gasteiger partial charge in [0.15, 0.2) is 17.3 Å². The van der Waals surface area contributed by atoms with Gasteiger partial charge in [-0.25, -0.2) is 0 Å².